The van der Waals surface area contributed by atoms with Crippen molar-refractivity contribution in [2.24, 2.45) is 0 Å². The van der Waals surface area contributed by atoms with Crippen LogP contribution in [0.5, 0.6) is 0 Å². The van der Waals surface area contributed by atoms with Crippen LogP contribution in [0.2, 0.25) is 0 Å². The molecule has 0 amide bonds. The molecule has 2 rings (SSSR count). The zero-order valence-electron chi connectivity index (χ0n) is 8.83. The lowest BCUT2D eigenvalue weighted by molar-refractivity contribution is 0.155. The second kappa shape index (κ2) is 4.52. The fraction of sp³-hybridized carbons (Fsp3) is 0.667. The van der Waals surface area contributed by atoms with Gasteiger partial charge in [-0.05, 0) is 12.8 Å². The highest BCUT2D eigenvalue weighted by atomic mass is 32.2. The number of sulfonamides is 1. The summed E-state index contributed by atoms with van der Waals surface area (Å²) in [5.74, 6) is 0. The average molecular weight is 245 g/mol. The normalized spacial score (nSPS) is 23.4. The molecule has 1 atom stereocenters. The van der Waals surface area contributed by atoms with Crippen LogP contribution in [0, 0.1) is 0 Å². The third-order valence-corrected chi connectivity index (χ3v) is 4.72. The Hall–Kier alpha value is -0.920. The summed E-state index contributed by atoms with van der Waals surface area (Å²) in [6.45, 7) is 0.333. The molecule has 1 fully saturated rings. The number of aliphatic hydroxyl groups excluding tert-OH is 1. The van der Waals surface area contributed by atoms with Gasteiger partial charge in [0.05, 0.1) is 19.1 Å². The Morgan fingerprint density at radius 3 is 3.00 bits per heavy atom. The quantitative estimate of drug-likeness (QED) is 0.781. The number of aromatic nitrogens is 2. The number of imidazole rings is 1. The van der Waals surface area contributed by atoms with Crippen molar-refractivity contribution in [2.75, 3.05) is 13.2 Å². The molecule has 1 aliphatic heterocycles. The minimum absolute atomic E-state index is 0.0906. The fourth-order valence-electron chi connectivity index (χ4n) is 1.98. The number of aromatic amines is 1. The van der Waals surface area contributed by atoms with Gasteiger partial charge in [-0.15, -0.1) is 0 Å². The van der Waals surface area contributed by atoms with Crippen LogP contribution < -0.4 is 0 Å². The van der Waals surface area contributed by atoms with E-state index in [1.54, 1.807) is 0 Å². The fourth-order valence-corrected chi connectivity index (χ4v) is 3.57. The topological polar surface area (TPSA) is 86.3 Å². The Morgan fingerprint density at radius 2 is 2.38 bits per heavy atom. The molecule has 0 radical (unpaired) electrons. The molecular formula is C9H15N3O3S. The summed E-state index contributed by atoms with van der Waals surface area (Å²) in [7, 11) is -3.52. The first-order valence-corrected chi connectivity index (χ1v) is 6.71. The lowest BCUT2D eigenvalue weighted by Gasteiger charge is -2.32. The minimum atomic E-state index is -3.52. The molecule has 7 heteroatoms. The maximum absolute atomic E-state index is 12.2. The van der Waals surface area contributed by atoms with Crippen LogP contribution in [0.3, 0.4) is 0 Å². The van der Waals surface area contributed by atoms with E-state index in [0.29, 0.717) is 13.0 Å². The molecule has 0 saturated carbocycles. The van der Waals surface area contributed by atoms with Gasteiger partial charge in [-0.3, -0.25) is 0 Å². The van der Waals surface area contributed by atoms with Crippen molar-refractivity contribution in [3.05, 3.63) is 12.5 Å². The van der Waals surface area contributed by atoms with E-state index in [1.165, 1.54) is 16.8 Å². The predicted molar refractivity (Wildman–Crippen MR) is 57.2 cm³/mol. The average Bonchev–Trinajstić information content (AvgIpc) is 2.83. The van der Waals surface area contributed by atoms with Gasteiger partial charge >= 0.3 is 0 Å². The Balaban J connectivity index is 2.28. The highest BCUT2D eigenvalue weighted by Crippen LogP contribution is 2.23. The van der Waals surface area contributed by atoms with Crippen molar-refractivity contribution >= 4 is 10.0 Å². The van der Waals surface area contributed by atoms with Crippen LogP contribution in [0.15, 0.2) is 17.6 Å². The van der Waals surface area contributed by atoms with E-state index < -0.39 is 10.0 Å². The summed E-state index contributed by atoms with van der Waals surface area (Å²) in [6.07, 6.45) is 5.14. The highest BCUT2D eigenvalue weighted by Gasteiger charge is 2.33. The third kappa shape index (κ3) is 1.98. The van der Waals surface area contributed by atoms with E-state index in [0.717, 1.165) is 12.8 Å². The molecule has 1 unspecified atom stereocenters. The summed E-state index contributed by atoms with van der Waals surface area (Å²) in [6, 6.07) is -0.304. The molecule has 2 N–H and O–H groups in total. The van der Waals surface area contributed by atoms with Crippen LogP contribution in [-0.4, -0.2) is 47.0 Å². The van der Waals surface area contributed by atoms with Crippen molar-refractivity contribution in [2.45, 2.75) is 30.3 Å². The van der Waals surface area contributed by atoms with Gasteiger partial charge < -0.3 is 10.1 Å². The second-order valence-corrected chi connectivity index (χ2v) is 5.72. The van der Waals surface area contributed by atoms with Gasteiger partial charge in [-0.2, -0.15) is 4.31 Å². The lowest BCUT2D eigenvalue weighted by Crippen LogP contribution is -2.45. The van der Waals surface area contributed by atoms with Crippen molar-refractivity contribution in [1.29, 1.82) is 0 Å². The molecule has 90 valence electrons. The van der Waals surface area contributed by atoms with Crippen molar-refractivity contribution < 1.29 is 13.5 Å². The van der Waals surface area contributed by atoms with Crippen LogP contribution in [-0.2, 0) is 10.0 Å². The van der Waals surface area contributed by atoms with Crippen molar-refractivity contribution in [3.8, 4) is 0 Å². The number of hydrogen-bond donors (Lipinski definition) is 2. The van der Waals surface area contributed by atoms with E-state index in [2.05, 4.69) is 9.97 Å². The minimum Gasteiger partial charge on any atom is -0.395 e. The number of hydrogen-bond acceptors (Lipinski definition) is 4. The van der Waals surface area contributed by atoms with Crippen molar-refractivity contribution in [3.63, 3.8) is 0 Å². The van der Waals surface area contributed by atoms with Gasteiger partial charge in [0.2, 0.25) is 0 Å². The predicted octanol–water partition coefficient (Wildman–Crippen LogP) is -0.0548. The van der Waals surface area contributed by atoms with Gasteiger partial charge in [0, 0.05) is 12.6 Å². The molecule has 1 aromatic heterocycles. The first-order chi connectivity index (χ1) is 7.66. The Bertz CT molecular complexity index is 429. The molecule has 2 heterocycles. The van der Waals surface area contributed by atoms with Gasteiger partial charge in [-0.1, -0.05) is 6.42 Å². The third-order valence-electron chi connectivity index (χ3n) is 2.84. The SMILES string of the molecule is O=S(=O)(c1cnc[nH]1)N1CCCCC1CO. The molecule has 0 aliphatic carbocycles. The molecule has 6 nitrogen and oxygen atoms in total. The first-order valence-electron chi connectivity index (χ1n) is 5.27. The van der Waals surface area contributed by atoms with Crippen molar-refractivity contribution in [1.82, 2.24) is 14.3 Å². The lowest BCUT2D eigenvalue weighted by atomic mass is 10.1. The van der Waals surface area contributed by atoms with E-state index >= 15 is 0 Å². The molecule has 1 saturated heterocycles. The van der Waals surface area contributed by atoms with E-state index in [-0.39, 0.29) is 17.7 Å². The highest BCUT2D eigenvalue weighted by molar-refractivity contribution is 7.89. The summed E-state index contributed by atoms with van der Waals surface area (Å²) in [5, 5.41) is 9.28. The molecule has 0 aromatic carbocycles. The van der Waals surface area contributed by atoms with E-state index in [4.69, 9.17) is 0 Å². The Morgan fingerprint density at radius 1 is 1.56 bits per heavy atom. The molecule has 1 aromatic rings. The Kier molecular flexibility index (Phi) is 3.27. The summed E-state index contributed by atoms with van der Waals surface area (Å²) >= 11 is 0. The summed E-state index contributed by atoms with van der Waals surface area (Å²) < 4.78 is 25.7. The second-order valence-electron chi connectivity index (χ2n) is 3.86. The molecule has 16 heavy (non-hydrogen) atoms. The van der Waals surface area contributed by atoms with Crippen LogP contribution >= 0.6 is 0 Å². The van der Waals surface area contributed by atoms with Gasteiger partial charge in [0.25, 0.3) is 10.0 Å². The number of nitrogens with one attached hydrogen (secondary N) is 1. The standard InChI is InChI=1S/C9H15N3O3S/c13-6-8-3-1-2-4-12(8)16(14,15)9-5-10-7-11-9/h5,7-8,13H,1-4,6H2,(H,10,11). The zero-order chi connectivity index (χ0) is 11.6. The maximum atomic E-state index is 12.2. The summed E-state index contributed by atoms with van der Waals surface area (Å²) in [4.78, 5) is 6.31. The molecular weight excluding hydrogens is 230 g/mol. The molecule has 0 bridgehead atoms. The first kappa shape index (κ1) is 11.6. The number of rotatable bonds is 3. The Labute approximate surface area is 94.4 Å². The van der Waals surface area contributed by atoms with Gasteiger partial charge in [0.1, 0.15) is 0 Å². The largest absolute Gasteiger partial charge is 0.395 e. The number of nitrogens with zero attached hydrogens (tertiary/aromatic N) is 2. The molecule has 0 spiro atoms. The maximum Gasteiger partial charge on any atom is 0.260 e. The molecule has 1 aliphatic rings. The number of H-pyrrole nitrogens is 1. The number of piperidine rings is 1. The zero-order valence-corrected chi connectivity index (χ0v) is 9.65. The van der Waals surface area contributed by atoms with E-state index in [1.807, 2.05) is 0 Å². The van der Waals surface area contributed by atoms with Gasteiger partial charge in [-0.25, -0.2) is 13.4 Å². The number of aliphatic hydroxyl groups is 1. The smallest absolute Gasteiger partial charge is 0.260 e. The van der Waals surface area contributed by atoms with E-state index in [9.17, 15) is 13.5 Å². The van der Waals surface area contributed by atoms with Crippen LogP contribution in [0.25, 0.3) is 0 Å². The van der Waals surface area contributed by atoms with Gasteiger partial charge in [0.15, 0.2) is 5.03 Å². The van der Waals surface area contributed by atoms with Crippen LogP contribution in [0.4, 0.5) is 0 Å². The van der Waals surface area contributed by atoms with Crippen LogP contribution in [0.1, 0.15) is 19.3 Å². The monoisotopic (exact) mass is 245 g/mol. The summed E-state index contributed by atoms with van der Waals surface area (Å²) in [5.41, 5.74) is 0.